The fourth-order valence-electron chi connectivity index (χ4n) is 5.11. The van der Waals surface area contributed by atoms with Crippen LogP contribution in [0.25, 0.3) is 27.5 Å². The van der Waals surface area contributed by atoms with E-state index in [0.29, 0.717) is 16.8 Å². The molecule has 181 valence electrons. The van der Waals surface area contributed by atoms with Crippen molar-refractivity contribution in [3.05, 3.63) is 83.1 Å². The SMILES string of the molecule is C[Si](C)OC1(c2c[nH]c3ccccc23)C(C(C)(C)C)=NC(c2c[nH]c3ccccc23)=C(O)[N+]1(C)[O-]. The van der Waals surface area contributed by atoms with Crippen LogP contribution < -0.4 is 0 Å². The van der Waals surface area contributed by atoms with E-state index in [1.165, 1.54) is 7.05 Å². The topological polar surface area (TPSA) is 96.5 Å². The molecule has 5 rings (SSSR count). The number of hydrogen-bond donors (Lipinski definition) is 3. The minimum absolute atomic E-state index is 0.268. The zero-order valence-electron chi connectivity index (χ0n) is 20.9. The van der Waals surface area contributed by atoms with Gasteiger partial charge in [0.1, 0.15) is 5.71 Å². The Morgan fingerprint density at radius 3 is 2.17 bits per heavy atom. The van der Waals surface area contributed by atoms with Crippen LogP contribution in [-0.2, 0) is 10.2 Å². The molecule has 3 heterocycles. The number of nitrogens with zero attached hydrogens (tertiary/aromatic N) is 2. The van der Waals surface area contributed by atoms with Crippen LogP contribution in [0.2, 0.25) is 13.1 Å². The summed E-state index contributed by atoms with van der Waals surface area (Å²) in [5.41, 5.74) is 1.91. The van der Waals surface area contributed by atoms with E-state index in [1.807, 2.05) is 88.6 Å². The van der Waals surface area contributed by atoms with Crippen molar-refractivity contribution in [1.29, 1.82) is 0 Å². The maximum absolute atomic E-state index is 14.9. The molecule has 35 heavy (non-hydrogen) atoms. The zero-order valence-corrected chi connectivity index (χ0v) is 21.9. The van der Waals surface area contributed by atoms with Gasteiger partial charge in [-0.1, -0.05) is 57.2 Å². The molecule has 0 bridgehead atoms. The molecule has 0 amide bonds. The second-order valence-electron chi connectivity index (χ2n) is 10.5. The molecule has 0 saturated heterocycles. The molecule has 0 spiro atoms. The third kappa shape index (κ3) is 3.40. The van der Waals surface area contributed by atoms with Gasteiger partial charge in [0.15, 0.2) is 5.70 Å². The van der Waals surface area contributed by atoms with Crippen LogP contribution >= 0.6 is 0 Å². The van der Waals surface area contributed by atoms with Crippen LogP contribution in [0.5, 0.6) is 0 Å². The number of hydroxylamine groups is 3. The number of aromatic nitrogens is 2. The first kappa shape index (κ1) is 23.6. The number of benzene rings is 2. The fourth-order valence-corrected chi connectivity index (χ4v) is 6.08. The minimum Gasteiger partial charge on any atom is -0.623 e. The van der Waals surface area contributed by atoms with Crippen LogP contribution in [0, 0.1) is 10.6 Å². The van der Waals surface area contributed by atoms with Gasteiger partial charge in [0.25, 0.3) is 5.72 Å². The Morgan fingerprint density at radius 1 is 0.971 bits per heavy atom. The summed E-state index contributed by atoms with van der Waals surface area (Å²) < 4.78 is 5.56. The molecule has 2 atom stereocenters. The number of quaternary nitrogens is 1. The van der Waals surface area contributed by atoms with Crippen LogP contribution in [0.1, 0.15) is 31.9 Å². The van der Waals surface area contributed by atoms with Crippen molar-refractivity contribution in [2.24, 2.45) is 10.4 Å². The first-order valence-electron chi connectivity index (χ1n) is 11.7. The van der Waals surface area contributed by atoms with E-state index >= 15 is 0 Å². The van der Waals surface area contributed by atoms with Gasteiger partial charge in [0, 0.05) is 45.2 Å². The molecule has 2 aromatic heterocycles. The molecule has 2 unspecified atom stereocenters. The summed E-state index contributed by atoms with van der Waals surface area (Å²) in [6.07, 6.45) is 3.63. The average Bonchev–Trinajstić information content (AvgIpc) is 3.41. The van der Waals surface area contributed by atoms with Crippen molar-refractivity contribution < 1.29 is 14.2 Å². The average molecular weight is 488 g/mol. The first-order valence-corrected chi connectivity index (χ1v) is 14.1. The summed E-state index contributed by atoms with van der Waals surface area (Å²) in [7, 11) is 0.0448. The van der Waals surface area contributed by atoms with E-state index in [2.05, 4.69) is 9.97 Å². The molecule has 0 saturated carbocycles. The van der Waals surface area contributed by atoms with E-state index in [9.17, 15) is 10.3 Å². The minimum atomic E-state index is -1.56. The lowest BCUT2D eigenvalue weighted by molar-refractivity contribution is -0.911. The van der Waals surface area contributed by atoms with E-state index < -0.39 is 24.8 Å². The van der Waals surface area contributed by atoms with Crippen molar-refractivity contribution >= 4 is 42.3 Å². The highest BCUT2D eigenvalue weighted by Gasteiger charge is 2.61. The Hall–Kier alpha value is -3.17. The van der Waals surface area contributed by atoms with E-state index in [1.54, 1.807) is 6.20 Å². The normalized spacial score (nSPS) is 23.5. The summed E-state index contributed by atoms with van der Waals surface area (Å²) in [5, 5.41) is 28.3. The number of fused-ring (bicyclic) bond motifs is 2. The zero-order chi connectivity index (χ0) is 25.2. The van der Waals surface area contributed by atoms with Crippen LogP contribution in [0.3, 0.4) is 0 Å². The monoisotopic (exact) mass is 487 g/mol. The van der Waals surface area contributed by atoms with Gasteiger partial charge in [0.05, 0.1) is 12.6 Å². The van der Waals surface area contributed by atoms with Crippen molar-refractivity contribution in [2.45, 2.75) is 39.6 Å². The summed E-state index contributed by atoms with van der Waals surface area (Å²) in [4.78, 5) is 11.6. The highest BCUT2D eigenvalue weighted by atomic mass is 28.3. The predicted molar refractivity (Wildman–Crippen MR) is 143 cm³/mol. The van der Waals surface area contributed by atoms with Gasteiger partial charge < -0.3 is 24.7 Å². The number of aliphatic hydroxyl groups is 1. The van der Waals surface area contributed by atoms with Crippen LogP contribution in [0.15, 0.2) is 71.8 Å². The van der Waals surface area contributed by atoms with Gasteiger partial charge in [-0.2, -0.15) is 0 Å². The molecule has 3 N–H and O–H groups in total. The number of H-pyrrole nitrogens is 2. The number of aromatic amines is 2. The van der Waals surface area contributed by atoms with E-state index in [0.717, 1.165) is 21.8 Å². The quantitative estimate of drug-likeness (QED) is 0.177. The number of aliphatic imine (C=N–C) groups is 1. The molecule has 1 radical (unpaired) electrons. The van der Waals surface area contributed by atoms with Gasteiger partial charge in [0.2, 0.25) is 9.04 Å². The fraction of sp³-hybridized carbons (Fsp3) is 0.296. The number of hydrogen-bond acceptors (Lipinski definition) is 4. The van der Waals surface area contributed by atoms with Gasteiger partial charge in [-0.3, -0.25) is 4.65 Å². The van der Waals surface area contributed by atoms with Gasteiger partial charge in [-0.05, 0) is 25.2 Å². The van der Waals surface area contributed by atoms with Crippen molar-refractivity contribution in [3.63, 3.8) is 0 Å². The van der Waals surface area contributed by atoms with Crippen LogP contribution in [-0.4, -0.2) is 41.5 Å². The molecule has 1 aliphatic heterocycles. The lowest BCUT2D eigenvalue weighted by Gasteiger charge is -2.56. The number of aliphatic hydroxyl groups excluding tert-OH is 1. The van der Waals surface area contributed by atoms with E-state index in [-0.39, 0.29) is 11.6 Å². The highest BCUT2D eigenvalue weighted by molar-refractivity contribution is 6.48. The van der Waals surface area contributed by atoms with Crippen molar-refractivity contribution in [3.8, 4) is 0 Å². The second kappa shape index (κ2) is 7.92. The number of rotatable bonds is 4. The highest BCUT2D eigenvalue weighted by Crippen LogP contribution is 2.51. The smallest absolute Gasteiger partial charge is 0.319 e. The molecular weight excluding hydrogens is 456 g/mol. The largest absolute Gasteiger partial charge is 0.623 e. The van der Waals surface area contributed by atoms with Crippen molar-refractivity contribution in [1.82, 2.24) is 9.97 Å². The van der Waals surface area contributed by atoms with Crippen molar-refractivity contribution in [2.75, 3.05) is 7.05 Å². The Balaban J connectivity index is 1.88. The Morgan fingerprint density at radius 2 is 1.54 bits per heavy atom. The lowest BCUT2D eigenvalue weighted by Crippen LogP contribution is -2.66. The molecule has 0 aliphatic carbocycles. The lowest BCUT2D eigenvalue weighted by atomic mass is 9.78. The molecule has 1 aliphatic rings. The Bertz CT molecular complexity index is 1490. The van der Waals surface area contributed by atoms with E-state index in [4.69, 9.17) is 9.42 Å². The molecule has 8 heteroatoms. The summed E-state index contributed by atoms with van der Waals surface area (Å²) in [6.45, 7) is 10.1. The summed E-state index contributed by atoms with van der Waals surface area (Å²) in [5.74, 6) is -0.378. The Labute approximate surface area is 206 Å². The molecular formula is C27H31N4O3Si. The Kier molecular flexibility index (Phi) is 5.34. The maximum atomic E-state index is 14.9. The van der Waals surface area contributed by atoms with Crippen LogP contribution in [0.4, 0.5) is 0 Å². The summed E-state index contributed by atoms with van der Waals surface area (Å²) >= 11 is 0. The molecule has 4 aromatic rings. The molecule has 0 fully saturated rings. The summed E-state index contributed by atoms with van der Waals surface area (Å²) in [6, 6.07) is 15.6. The number of para-hydroxylation sites is 2. The van der Waals surface area contributed by atoms with Gasteiger partial charge in [-0.25, -0.2) is 4.99 Å². The van der Waals surface area contributed by atoms with Gasteiger partial charge in [-0.15, -0.1) is 0 Å². The first-order chi connectivity index (χ1) is 16.5. The number of nitrogens with one attached hydrogen (secondary N) is 2. The predicted octanol–water partition coefficient (Wildman–Crippen LogP) is 6.40. The second-order valence-corrected chi connectivity index (χ2v) is 12.5. The third-order valence-corrected chi connectivity index (χ3v) is 7.33. The maximum Gasteiger partial charge on any atom is 0.319 e. The standard InChI is InChI=1S/C27H31N4O3Si/c1-26(2,3)25-27(34-35(5)6,20-16-29-22-14-10-8-12-18(20)22)31(4,33)24(32)23(30-25)19-15-28-21-13-9-7-11-17(19)21/h7-16,28-29,32H,1-6H3. The third-order valence-electron chi connectivity index (χ3n) is 6.62. The van der Waals surface area contributed by atoms with Gasteiger partial charge >= 0.3 is 5.88 Å². The molecule has 7 nitrogen and oxygen atoms in total. The molecule has 2 aromatic carbocycles.